The number of carbonyl (C=O) groups excluding carboxylic acids is 2. The molecule has 2 heterocycles. The van der Waals surface area contributed by atoms with Gasteiger partial charge < -0.3 is 4.57 Å². The molecule has 0 bridgehead atoms. The topological polar surface area (TPSA) is 45.6 Å². The number of carbonyl (C=O) groups is 2. The minimum Gasteiger partial charge on any atom is -0.343 e. The third kappa shape index (κ3) is 1.67. The SMILES string of the molecule is CSc1cc2c(n1C)CC[C@@H]1C(=O)N(N(C)C)C(=O)[C@H]21. The predicted octanol–water partition coefficient (Wildman–Crippen LogP) is 1.24. The monoisotopic (exact) mass is 293 g/mol. The van der Waals surface area contributed by atoms with Crippen LogP contribution < -0.4 is 0 Å². The van der Waals surface area contributed by atoms with Crippen LogP contribution in [0.15, 0.2) is 11.1 Å². The van der Waals surface area contributed by atoms with Crippen LogP contribution in [0.4, 0.5) is 0 Å². The molecule has 1 aromatic rings. The third-order valence-electron chi connectivity index (χ3n) is 4.39. The molecule has 108 valence electrons. The summed E-state index contributed by atoms with van der Waals surface area (Å²) >= 11 is 1.67. The summed E-state index contributed by atoms with van der Waals surface area (Å²) in [5, 5.41) is 4.05. The van der Waals surface area contributed by atoms with E-state index in [1.807, 2.05) is 13.3 Å². The van der Waals surface area contributed by atoms with Crippen LogP contribution in [0.25, 0.3) is 0 Å². The van der Waals surface area contributed by atoms with E-state index in [0.29, 0.717) is 0 Å². The number of thioether (sulfide) groups is 1. The molecule has 1 fully saturated rings. The molecule has 2 aliphatic rings. The van der Waals surface area contributed by atoms with E-state index in [0.717, 1.165) is 23.4 Å². The fourth-order valence-electron chi connectivity index (χ4n) is 3.46. The fourth-order valence-corrected chi connectivity index (χ4v) is 4.08. The van der Waals surface area contributed by atoms with Crippen molar-refractivity contribution in [2.45, 2.75) is 23.8 Å². The van der Waals surface area contributed by atoms with Gasteiger partial charge in [-0.15, -0.1) is 11.8 Å². The van der Waals surface area contributed by atoms with Crippen molar-refractivity contribution in [2.24, 2.45) is 13.0 Å². The summed E-state index contributed by atoms with van der Waals surface area (Å²) in [6, 6.07) is 2.08. The maximum absolute atomic E-state index is 12.6. The Morgan fingerprint density at radius 2 is 2.00 bits per heavy atom. The maximum atomic E-state index is 12.6. The summed E-state index contributed by atoms with van der Waals surface area (Å²) in [4.78, 5) is 25.0. The van der Waals surface area contributed by atoms with Crippen LogP contribution in [0.5, 0.6) is 0 Å². The fraction of sp³-hybridized carbons (Fsp3) is 0.571. The van der Waals surface area contributed by atoms with E-state index in [1.165, 1.54) is 10.7 Å². The third-order valence-corrected chi connectivity index (χ3v) is 5.20. The van der Waals surface area contributed by atoms with Gasteiger partial charge in [-0.2, -0.15) is 0 Å². The Morgan fingerprint density at radius 3 is 2.60 bits per heavy atom. The molecule has 0 N–H and O–H groups in total. The number of amides is 2. The van der Waals surface area contributed by atoms with Gasteiger partial charge in [0.1, 0.15) is 0 Å². The summed E-state index contributed by atoms with van der Waals surface area (Å²) in [6.45, 7) is 0. The quantitative estimate of drug-likeness (QED) is 0.608. The molecule has 2 amide bonds. The van der Waals surface area contributed by atoms with Crippen molar-refractivity contribution in [3.63, 3.8) is 0 Å². The van der Waals surface area contributed by atoms with Gasteiger partial charge in [-0.25, -0.2) is 10.0 Å². The highest BCUT2D eigenvalue weighted by molar-refractivity contribution is 7.98. The molecular formula is C14H19N3O2S. The Balaban J connectivity index is 2.09. The molecule has 6 heteroatoms. The summed E-state index contributed by atoms with van der Waals surface area (Å²) < 4.78 is 2.16. The summed E-state index contributed by atoms with van der Waals surface area (Å²) in [7, 11) is 5.52. The number of hydrazine groups is 1. The van der Waals surface area contributed by atoms with E-state index in [2.05, 4.69) is 10.6 Å². The van der Waals surface area contributed by atoms with Crippen molar-refractivity contribution in [3.8, 4) is 0 Å². The first-order chi connectivity index (χ1) is 9.47. The van der Waals surface area contributed by atoms with E-state index in [-0.39, 0.29) is 23.7 Å². The van der Waals surface area contributed by atoms with Crippen LogP contribution in [0.1, 0.15) is 23.6 Å². The predicted molar refractivity (Wildman–Crippen MR) is 77.3 cm³/mol. The van der Waals surface area contributed by atoms with Crippen LogP contribution in [0, 0.1) is 5.92 Å². The van der Waals surface area contributed by atoms with Gasteiger partial charge in [0.15, 0.2) is 0 Å². The van der Waals surface area contributed by atoms with Gasteiger partial charge in [0.2, 0.25) is 5.91 Å². The average Bonchev–Trinajstić information content (AvgIpc) is 2.86. The van der Waals surface area contributed by atoms with Crippen molar-refractivity contribution >= 4 is 23.6 Å². The van der Waals surface area contributed by atoms with Crippen LogP contribution in [0.2, 0.25) is 0 Å². The number of hydrogen-bond acceptors (Lipinski definition) is 4. The van der Waals surface area contributed by atoms with Gasteiger partial charge in [-0.3, -0.25) is 9.59 Å². The molecule has 1 aliphatic carbocycles. The number of imide groups is 1. The van der Waals surface area contributed by atoms with Crippen molar-refractivity contribution in [1.82, 2.24) is 14.6 Å². The maximum Gasteiger partial charge on any atom is 0.252 e. The van der Waals surface area contributed by atoms with Crippen LogP contribution >= 0.6 is 11.8 Å². The largest absolute Gasteiger partial charge is 0.343 e. The lowest BCUT2D eigenvalue weighted by Gasteiger charge is -2.22. The number of nitrogens with zero attached hydrogens (tertiary/aromatic N) is 3. The van der Waals surface area contributed by atoms with E-state index in [4.69, 9.17) is 0 Å². The van der Waals surface area contributed by atoms with Crippen LogP contribution in [-0.2, 0) is 23.1 Å². The minimum atomic E-state index is -0.291. The zero-order chi connectivity index (χ0) is 14.6. The molecule has 3 rings (SSSR count). The first-order valence-electron chi connectivity index (χ1n) is 6.75. The molecule has 2 atom stereocenters. The summed E-state index contributed by atoms with van der Waals surface area (Å²) in [5.41, 5.74) is 2.26. The molecule has 0 spiro atoms. The van der Waals surface area contributed by atoms with Gasteiger partial charge in [0, 0.05) is 26.8 Å². The first-order valence-corrected chi connectivity index (χ1v) is 7.97. The van der Waals surface area contributed by atoms with Crippen LogP contribution in [0.3, 0.4) is 0 Å². The molecule has 0 saturated carbocycles. The molecular weight excluding hydrogens is 274 g/mol. The highest BCUT2D eigenvalue weighted by atomic mass is 32.2. The molecule has 0 unspecified atom stereocenters. The highest BCUT2D eigenvalue weighted by Gasteiger charge is 2.52. The van der Waals surface area contributed by atoms with Crippen LogP contribution in [-0.4, -0.2) is 46.8 Å². The second kappa shape index (κ2) is 4.63. The second-order valence-corrected chi connectivity index (χ2v) is 6.43. The average molecular weight is 293 g/mol. The molecule has 1 aromatic heterocycles. The Morgan fingerprint density at radius 1 is 1.30 bits per heavy atom. The summed E-state index contributed by atoms with van der Waals surface area (Å²) in [5.74, 6) is -0.607. The lowest BCUT2D eigenvalue weighted by Crippen LogP contribution is -2.42. The van der Waals surface area contributed by atoms with Gasteiger partial charge in [0.05, 0.1) is 16.9 Å². The minimum absolute atomic E-state index is 0.0507. The first kappa shape index (κ1) is 13.7. The van der Waals surface area contributed by atoms with Crippen molar-refractivity contribution in [2.75, 3.05) is 20.4 Å². The second-order valence-electron chi connectivity index (χ2n) is 5.61. The highest BCUT2D eigenvalue weighted by Crippen LogP contribution is 2.45. The Labute approximate surface area is 122 Å². The lowest BCUT2D eigenvalue weighted by atomic mass is 9.79. The van der Waals surface area contributed by atoms with E-state index >= 15 is 0 Å². The smallest absolute Gasteiger partial charge is 0.252 e. The Bertz CT molecular complexity index is 593. The standard InChI is InChI=1S/C14H19N3O2S/c1-15(2)17-13(18)8-5-6-10-9(12(8)14(17)19)7-11(20-4)16(10)3/h7-8,12H,5-6H2,1-4H3/t8-,12-/m0/s1. The number of aromatic nitrogens is 1. The van der Waals surface area contributed by atoms with E-state index in [1.54, 1.807) is 30.9 Å². The molecule has 5 nitrogen and oxygen atoms in total. The normalized spacial score (nSPS) is 25.4. The molecule has 0 radical (unpaired) electrons. The molecule has 1 saturated heterocycles. The molecule has 0 aromatic carbocycles. The van der Waals surface area contributed by atoms with Crippen molar-refractivity contribution < 1.29 is 9.59 Å². The van der Waals surface area contributed by atoms with Gasteiger partial charge >= 0.3 is 0 Å². The zero-order valence-corrected chi connectivity index (χ0v) is 13.0. The Kier molecular flexibility index (Phi) is 3.17. The van der Waals surface area contributed by atoms with Crippen molar-refractivity contribution in [1.29, 1.82) is 0 Å². The van der Waals surface area contributed by atoms with E-state index < -0.39 is 0 Å². The molecule has 20 heavy (non-hydrogen) atoms. The number of hydrogen-bond donors (Lipinski definition) is 0. The van der Waals surface area contributed by atoms with Gasteiger partial charge in [-0.05, 0) is 30.7 Å². The number of fused-ring (bicyclic) bond motifs is 3. The lowest BCUT2D eigenvalue weighted by molar-refractivity contribution is -0.154. The number of rotatable bonds is 2. The van der Waals surface area contributed by atoms with Gasteiger partial charge in [-0.1, -0.05) is 0 Å². The van der Waals surface area contributed by atoms with Crippen molar-refractivity contribution in [3.05, 3.63) is 17.3 Å². The van der Waals surface area contributed by atoms with E-state index in [9.17, 15) is 9.59 Å². The zero-order valence-electron chi connectivity index (χ0n) is 12.2. The Hall–Kier alpha value is -1.27. The van der Waals surface area contributed by atoms with Gasteiger partial charge in [0.25, 0.3) is 5.91 Å². The summed E-state index contributed by atoms with van der Waals surface area (Å²) in [6.07, 6.45) is 3.66. The molecule has 1 aliphatic heterocycles.